The first-order valence-corrected chi connectivity index (χ1v) is 8.64. The second kappa shape index (κ2) is 6.20. The van der Waals surface area contributed by atoms with E-state index in [1.807, 2.05) is 6.07 Å². The lowest BCUT2D eigenvalue weighted by atomic mass is 10.0. The van der Waals surface area contributed by atoms with Crippen LogP contribution in [0, 0.1) is 12.7 Å². The Morgan fingerprint density at radius 3 is 2.60 bits per heavy atom. The molecule has 1 aromatic carbocycles. The molecule has 0 aliphatic carbocycles. The zero-order chi connectivity index (χ0) is 14.8. The molecule has 2 N–H and O–H groups in total. The van der Waals surface area contributed by atoms with Gasteiger partial charge in [0, 0.05) is 25.7 Å². The van der Waals surface area contributed by atoms with E-state index in [-0.39, 0.29) is 23.4 Å². The molecule has 0 aromatic heterocycles. The Morgan fingerprint density at radius 2 is 2.00 bits per heavy atom. The van der Waals surface area contributed by atoms with E-state index in [4.69, 9.17) is 5.73 Å². The van der Waals surface area contributed by atoms with E-state index in [9.17, 15) is 12.8 Å². The highest BCUT2D eigenvalue weighted by atomic mass is 32.2. The number of benzene rings is 1. The lowest BCUT2D eigenvalue weighted by Crippen LogP contribution is -2.41. The summed E-state index contributed by atoms with van der Waals surface area (Å²) in [5.41, 5.74) is 7.48. The molecule has 1 atom stereocenters. The number of nitrogens with two attached hydrogens (primary N) is 1. The molecular weight excluding hydrogens is 279 g/mol. The molecule has 4 nitrogen and oxygen atoms in total. The molecule has 0 amide bonds. The van der Waals surface area contributed by atoms with E-state index in [1.54, 1.807) is 13.0 Å². The van der Waals surface area contributed by atoms with Gasteiger partial charge in [0.2, 0.25) is 0 Å². The van der Waals surface area contributed by atoms with Gasteiger partial charge in [0.15, 0.2) is 9.84 Å². The van der Waals surface area contributed by atoms with Crippen LogP contribution in [0.15, 0.2) is 18.2 Å². The molecular formula is C14H21FN2O2S. The number of aryl methyl sites for hydroxylation is 1. The first kappa shape index (κ1) is 15.4. The van der Waals surface area contributed by atoms with Crippen molar-refractivity contribution in [1.82, 2.24) is 4.90 Å². The van der Waals surface area contributed by atoms with Crippen LogP contribution >= 0.6 is 0 Å². The average Bonchev–Trinajstić information content (AvgIpc) is 2.40. The Hall–Kier alpha value is -0.980. The molecule has 1 aliphatic heterocycles. The van der Waals surface area contributed by atoms with Gasteiger partial charge in [-0.05, 0) is 30.5 Å². The lowest BCUT2D eigenvalue weighted by molar-refractivity contribution is 0.283. The molecule has 0 spiro atoms. The van der Waals surface area contributed by atoms with Gasteiger partial charge in [-0.25, -0.2) is 12.8 Å². The molecule has 0 radical (unpaired) electrons. The predicted octanol–water partition coefficient (Wildman–Crippen LogP) is 1.25. The van der Waals surface area contributed by atoms with Gasteiger partial charge in [-0.1, -0.05) is 12.1 Å². The third-order valence-electron chi connectivity index (χ3n) is 3.82. The summed E-state index contributed by atoms with van der Waals surface area (Å²) in [7, 11) is -2.84. The van der Waals surface area contributed by atoms with Gasteiger partial charge in [0.1, 0.15) is 5.82 Å². The van der Waals surface area contributed by atoms with Crippen molar-refractivity contribution in [1.29, 1.82) is 0 Å². The summed E-state index contributed by atoms with van der Waals surface area (Å²) >= 11 is 0. The lowest BCUT2D eigenvalue weighted by Gasteiger charge is -2.27. The van der Waals surface area contributed by atoms with Crippen LogP contribution in [0.3, 0.4) is 0 Å². The van der Waals surface area contributed by atoms with Gasteiger partial charge < -0.3 is 10.6 Å². The molecule has 20 heavy (non-hydrogen) atoms. The van der Waals surface area contributed by atoms with Crippen molar-refractivity contribution in [2.24, 2.45) is 5.73 Å². The summed E-state index contributed by atoms with van der Waals surface area (Å²) < 4.78 is 36.2. The average molecular weight is 300 g/mol. The molecule has 2 rings (SSSR count). The molecule has 0 bridgehead atoms. The molecule has 1 saturated heterocycles. The summed E-state index contributed by atoms with van der Waals surface area (Å²) in [5, 5.41) is 0. The maximum absolute atomic E-state index is 13.5. The van der Waals surface area contributed by atoms with E-state index < -0.39 is 9.84 Å². The molecule has 112 valence electrons. The number of halogens is 1. The van der Waals surface area contributed by atoms with Gasteiger partial charge in [0.05, 0.1) is 11.5 Å². The summed E-state index contributed by atoms with van der Waals surface area (Å²) in [4.78, 5) is 2.10. The van der Waals surface area contributed by atoms with E-state index in [2.05, 4.69) is 4.90 Å². The maximum atomic E-state index is 13.5. The number of rotatable bonds is 4. The van der Waals surface area contributed by atoms with Crippen LogP contribution < -0.4 is 5.73 Å². The van der Waals surface area contributed by atoms with Crippen LogP contribution in [0.1, 0.15) is 23.6 Å². The summed E-state index contributed by atoms with van der Waals surface area (Å²) in [6, 6.07) is 4.85. The maximum Gasteiger partial charge on any atom is 0.152 e. The van der Waals surface area contributed by atoms with Crippen molar-refractivity contribution < 1.29 is 12.8 Å². The first-order valence-electron chi connectivity index (χ1n) is 6.82. The SMILES string of the molecule is Cc1ccc(C(N)CCN2CCS(=O)(=O)CC2)cc1F. The quantitative estimate of drug-likeness (QED) is 0.909. The van der Waals surface area contributed by atoms with Crippen molar-refractivity contribution in [3.05, 3.63) is 35.1 Å². The highest BCUT2D eigenvalue weighted by Crippen LogP contribution is 2.18. The fourth-order valence-corrected chi connectivity index (χ4v) is 3.58. The smallest absolute Gasteiger partial charge is 0.152 e. The van der Waals surface area contributed by atoms with Gasteiger partial charge in [-0.3, -0.25) is 0 Å². The van der Waals surface area contributed by atoms with Gasteiger partial charge >= 0.3 is 0 Å². The zero-order valence-corrected chi connectivity index (χ0v) is 12.5. The minimum atomic E-state index is -2.84. The van der Waals surface area contributed by atoms with Gasteiger partial charge in [-0.2, -0.15) is 0 Å². The zero-order valence-electron chi connectivity index (χ0n) is 11.7. The molecule has 1 unspecified atom stereocenters. The van der Waals surface area contributed by atoms with Gasteiger partial charge in [0.25, 0.3) is 0 Å². The van der Waals surface area contributed by atoms with Crippen molar-refractivity contribution in [3.8, 4) is 0 Å². The standard InChI is InChI=1S/C14H21FN2O2S/c1-11-2-3-12(10-13(11)15)14(16)4-5-17-6-8-20(18,19)9-7-17/h2-3,10,14H,4-9,16H2,1H3. The fourth-order valence-electron chi connectivity index (χ4n) is 2.30. The Morgan fingerprint density at radius 1 is 1.35 bits per heavy atom. The number of hydrogen-bond donors (Lipinski definition) is 1. The number of hydrogen-bond acceptors (Lipinski definition) is 4. The predicted molar refractivity (Wildman–Crippen MR) is 77.8 cm³/mol. The molecule has 1 fully saturated rings. The van der Waals surface area contributed by atoms with Crippen LogP contribution in [0.5, 0.6) is 0 Å². The molecule has 1 aliphatic rings. The topological polar surface area (TPSA) is 63.4 Å². The normalized spacial score (nSPS) is 20.8. The second-order valence-corrected chi connectivity index (χ2v) is 7.70. The third-order valence-corrected chi connectivity index (χ3v) is 5.43. The van der Waals surface area contributed by atoms with Crippen molar-refractivity contribution in [2.75, 3.05) is 31.1 Å². The van der Waals surface area contributed by atoms with Crippen LogP contribution in [0.2, 0.25) is 0 Å². The molecule has 6 heteroatoms. The fraction of sp³-hybridized carbons (Fsp3) is 0.571. The molecule has 0 saturated carbocycles. The van der Waals surface area contributed by atoms with Crippen LogP contribution in [-0.2, 0) is 9.84 Å². The highest BCUT2D eigenvalue weighted by Gasteiger charge is 2.21. The van der Waals surface area contributed by atoms with E-state index in [0.29, 0.717) is 25.1 Å². The Bertz CT molecular complexity index is 561. The third kappa shape index (κ3) is 4.01. The van der Waals surface area contributed by atoms with E-state index in [0.717, 1.165) is 12.1 Å². The summed E-state index contributed by atoms with van der Waals surface area (Å²) in [6.07, 6.45) is 0.697. The Balaban J connectivity index is 1.86. The number of sulfone groups is 1. The Labute approximate surface area is 119 Å². The summed E-state index contributed by atoms with van der Waals surface area (Å²) in [5.74, 6) is 0.213. The highest BCUT2D eigenvalue weighted by molar-refractivity contribution is 7.91. The van der Waals surface area contributed by atoms with Crippen LogP contribution in [-0.4, -0.2) is 44.5 Å². The minimum absolute atomic E-state index is 0.219. The molecule has 1 aromatic rings. The minimum Gasteiger partial charge on any atom is -0.324 e. The van der Waals surface area contributed by atoms with Crippen molar-refractivity contribution >= 4 is 9.84 Å². The largest absolute Gasteiger partial charge is 0.324 e. The Kier molecular flexibility index (Phi) is 4.78. The number of nitrogens with zero attached hydrogens (tertiary/aromatic N) is 1. The summed E-state index contributed by atoms with van der Waals surface area (Å²) in [6.45, 7) is 3.60. The monoisotopic (exact) mass is 300 g/mol. The molecule has 1 heterocycles. The van der Waals surface area contributed by atoms with Gasteiger partial charge in [-0.15, -0.1) is 0 Å². The second-order valence-electron chi connectivity index (χ2n) is 5.40. The van der Waals surface area contributed by atoms with Crippen molar-refractivity contribution in [2.45, 2.75) is 19.4 Å². The van der Waals surface area contributed by atoms with Crippen LogP contribution in [0.4, 0.5) is 4.39 Å². The van der Waals surface area contributed by atoms with Crippen LogP contribution in [0.25, 0.3) is 0 Å². The van der Waals surface area contributed by atoms with E-state index >= 15 is 0 Å². The van der Waals surface area contributed by atoms with E-state index in [1.165, 1.54) is 6.07 Å². The first-order chi connectivity index (χ1) is 9.37. The van der Waals surface area contributed by atoms with Crippen molar-refractivity contribution in [3.63, 3.8) is 0 Å².